The Morgan fingerprint density at radius 1 is 1.37 bits per heavy atom. The van der Waals surface area contributed by atoms with Gasteiger partial charge in [-0.05, 0) is 45.5 Å². The summed E-state index contributed by atoms with van der Waals surface area (Å²) in [4.78, 5) is 4.86. The Balaban J connectivity index is 1.73. The molecule has 4 heteroatoms. The first-order chi connectivity index (χ1) is 9.19. The van der Waals surface area contributed by atoms with Crippen molar-refractivity contribution >= 4 is 0 Å². The molecule has 1 N–H and O–H groups in total. The highest BCUT2D eigenvalue weighted by atomic mass is 16.4. The molecular formula is C15H26N2O2. The summed E-state index contributed by atoms with van der Waals surface area (Å²) in [6.45, 7) is 6.55. The van der Waals surface area contributed by atoms with Gasteiger partial charge in [0, 0.05) is 19.1 Å². The zero-order valence-electron chi connectivity index (χ0n) is 12.1. The topological polar surface area (TPSA) is 39.9 Å². The summed E-state index contributed by atoms with van der Waals surface area (Å²) in [5.41, 5.74) is 0. The first kappa shape index (κ1) is 14.6. The van der Waals surface area contributed by atoms with E-state index < -0.39 is 0 Å². The Kier molecular flexibility index (Phi) is 5.43. The largest absolute Gasteiger partial charge is 0.462 e. The predicted molar refractivity (Wildman–Crippen MR) is 75.9 cm³/mol. The van der Waals surface area contributed by atoms with Gasteiger partial charge in [0.2, 0.25) is 0 Å². The Hall–Kier alpha value is -0.840. The number of aliphatic hydroxyl groups is 1. The first-order valence-electron chi connectivity index (χ1n) is 7.30. The quantitative estimate of drug-likeness (QED) is 0.856. The average molecular weight is 266 g/mol. The minimum absolute atomic E-state index is 0.0188. The van der Waals surface area contributed by atoms with E-state index in [2.05, 4.69) is 23.8 Å². The molecule has 0 spiro atoms. The molecule has 0 saturated carbocycles. The van der Waals surface area contributed by atoms with Gasteiger partial charge in [-0.25, -0.2) is 0 Å². The van der Waals surface area contributed by atoms with Gasteiger partial charge in [-0.15, -0.1) is 0 Å². The molecule has 1 fully saturated rings. The minimum atomic E-state index is -0.0188. The van der Waals surface area contributed by atoms with Crippen molar-refractivity contribution in [2.45, 2.75) is 45.4 Å². The first-order valence-corrected chi connectivity index (χ1v) is 7.30. The molecule has 1 aromatic heterocycles. The van der Waals surface area contributed by atoms with Gasteiger partial charge in [0.05, 0.1) is 6.54 Å². The summed E-state index contributed by atoms with van der Waals surface area (Å²) in [5.74, 6) is 1.58. The van der Waals surface area contributed by atoms with Crippen LogP contribution in [0.3, 0.4) is 0 Å². The van der Waals surface area contributed by atoms with Gasteiger partial charge >= 0.3 is 0 Å². The molecule has 1 saturated heterocycles. The van der Waals surface area contributed by atoms with E-state index in [1.54, 1.807) is 0 Å². The van der Waals surface area contributed by atoms with Crippen LogP contribution in [-0.2, 0) is 13.2 Å². The van der Waals surface area contributed by atoms with Gasteiger partial charge < -0.3 is 9.52 Å². The highest BCUT2D eigenvalue weighted by Crippen LogP contribution is 2.16. The van der Waals surface area contributed by atoms with Gasteiger partial charge in [-0.2, -0.15) is 0 Å². The van der Waals surface area contributed by atoms with Gasteiger partial charge in [0.25, 0.3) is 0 Å². The van der Waals surface area contributed by atoms with Crippen LogP contribution < -0.4 is 0 Å². The zero-order valence-corrected chi connectivity index (χ0v) is 12.1. The van der Waals surface area contributed by atoms with E-state index in [0.29, 0.717) is 5.76 Å². The number of likely N-dealkylation sites (N-methyl/N-ethyl adjacent to an activating group) is 1. The molecule has 0 aliphatic carbocycles. The molecular weight excluding hydrogens is 240 g/mol. The third-order valence-electron chi connectivity index (χ3n) is 4.01. The van der Waals surface area contributed by atoms with Crippen molar-refractivity contribution in [2.24, 2.45) is 0 Å². The third kappa shape index (κ3) is 4.34. The van der Waals surface area contributed by atoms with E-state index in [9.17, 15) is 0 Å². The molecule has 4 nitrogen and oxygen atoms in total. The fraction of sp³-hybridized carbons (Fsp3) is 0.733. The maximum Gasteiger partial charge on any atom is 0.129 e. The van der Waals surface area contributed by atoms with Crippen LogP contribution in [0, 0.1) is 0 Å². The highest BCUT2D eigenvalue weighted by Gasteiger charge is 2.18. The molecule has 0 aromatic carbocycles. The van der Waals surface area contributed by atoms with Gasteiger partial charge in [0.15, 0.2) is 0 Å². The van der Waals surface area contributed by atoms with Crippen LogP contribution in [-0.4, -0.2) is 47.6 Å². The second-order valence-corrected chi connectivity index (χ2v) is 5.64. The van der Waals surface area contributed by atoms with Crippen molar-refractivity contribution in [3.05, 3.63) is 23.7 Å². The lowest BCUT2D eigenvalue weighted by atomic mass is 10.0. The van der Waals surface area contributed by atoms with Crippen LogP contribution in [0.1, 0.15) is 37.7 Å². The average Bonchev–Trinajstić information content (AvgIpc) is 2.85. The Morgan fingerprint density at radius 3 is 2.84 bits per heavy atom. The van der Waals surface area contributed by atoms with E-state index >= 15 is 0 Å². The number of piperidine rings is 1. The number of rotatable bonds is 6. The third-order valence-corrected chi connectivity index (χ3v) is 4.01. The van der Waals surface area contributed by atoms with Gasteiger partial charge in [-0.3, -0.25) is 9.80 Å². The summed E-state index contributed by atoms with van der Waals surface area (Å²) in [6, 6.07) is 4.52. The molecule has 0 amide bonds. The summed E-state index contributed by atoms with van der Waals surface area (Å²) < 4.78 is 5.51. The van der Waals surface area contributed by atoms with E-state index in [0.717, 1.165) is 31.4 Å². The second kappa shape index (κ2) is 7.08. The SMILES string of the molecule is CC1CCCCN1CCN(C)Cc1ccc(CO)o1. The number of aliphatic hydroxyl groups excluding tert-OH is 1. The van der Waals surface area contributed by atoms with Crippen LogP contribution >= 0.6 is 0 Å². The van der Waals surface area contributed by atoms with Crippen molar-refractivity contribution in [3.63, 3.8) is 0 Å². The summed E-state index contributed by atoms with van der Waals surface area (Å²) >= 11 is 0. The molecule has 1 aliphatic heterocycles. The van der Waals surface area contributed by atoms with Crippen LogP contribution in [0.5, 0.6) is 0 Å². The van der Waals surface area contributed by atoms with E-state index in [-0.39, 0.29) is 6.61 Å². The highest BCUT2D eigenvalue weighted by molar-refractivity contribution is 5.06. The van der Waals surface area contributed by atoms with Crippen molar-refractivity contribution in [1.82, 2.24) is 9.80 Å². The number of furan rings is 1. The Morgan fingerprint density at radius 2 is 2.16 bits per heavy atom. The van der Waals surface area contributed by atoms with Crippen molar-refractivity contribution in [2.75, 3.05) is 26.7 Å². The van der Waals surface area contributed by atoms with Crippen molar-refractivity contribution < 1.29 is 9.52 Å². The molecule has 1 aromatic rings. The molecule has 1 aliphatic rings. The zero-order chi connectivity index (χ0) is 13.7. The van der Waals surface area contributed by atoms with Gasteiger partial charge in [-0.1, -0.05) is 6.42 Å². The lowest BCUT2D eigenvalue weighted by Gasteiger charge is -2.34. The molecule has 1 unspecified atom stereocenters. The Bertz CT molecular complexity index is 378. The van der Waals surface area contributed by atoms with Crippen molar-refractivity contribution in [1.29, 1.82) is 0 Å². The van der Waals surface area contributed by atoms with E-state index in [4.69, 9.17) is 9.52 Å². The van der Waals surface area contributed by atoms with Crippen LogP contribution in [0.2, 0.25) is 0 Å². The number of likely N-dealkylation sites (tertiary alicyclic amines) is 1. The maximum absolute atomic E-state index is 8.97. The standard InChI is InChI=1S/C15H26N2O2/c1-13-5-3-4-8-17(13)10-9-16(2)11-14-6-7-15(12-18)19-14/h6-7,13,18H,3-5,8-12H2,1-2H3. The van der Waals surface area contributed by atoms with Gasteiger partial charge in [0.1, 0.15) is 18.1 Å². The molecule has 0 radical (unpaired) electrons. The minimum Gasteiger partial charge on any atom is -0.462 e. The smallest absolute Gasteiger partial charge is 0.129 e. The Labute approximate surface area is 116 Å². The summed E-state index contributed by atoms with van der Waals surface area (Å²) in [7, 11) is 2.12. The van der Waals surface area contributed by atoms with Crippen LogP contribution in [0.4, 0.5) is 0 Å². The number of hydrogen-bond acceptors (Lipinski definition) is 4. The molecule has 2 heterocycles. The monoisotopic (exact) mass is 266 g/mol. The second-order valence-electron chi connectivity index (χ2n) is 5.64. The fourth-order valence-corrected chi connectivity index (χ4v) is 2.73. The molecule has 2 rings (SSSR count). The fourth-order valence-electron chi connectivity index (χ4n) is 2.73. The normalized spacial score (nSPS) is 21.2. The lowest BCUT2D eigenvalue weighted by Crippen LogP contribution is -2.41. The predicted octanol–water partition coefficient (Wildman–Crippen LogP) is 2.08. The van der Waals surface area contributed by atoms with E-state index in [1.807, 2.05) is 12.1 Å². The molecule has 0 bridgehead atoms. The van der Waals surface area contributed by atoms with Crippen molar-refractivity contribution in [3.8, 4) is 0 Å². The van der Waals surface area contributed by atoms with Crippen LogP contribution in [0.25, 0.3) is 0 Å². The van der Waals surface area contributed by atoms with E-state index in [1.165, 1.54) is 25.8 Å². The summed E-state index contributed by atoms with van der Waals surface area (Å²) in [5, 5.41) is 8.97. The number of hydrogen-bond donors (Lipinski definition) is 1. The molecule has 1 atom stereocenters. The van der Waals surface area contributed by atoms with Crippen LogP contribution in [0.15, 0.2) is 16.5 Å². The lowest BCUT2D eigenvalue weighted by molar-refractivity contribution is 0.138. The summed E-state index contributed by atoms with van der Waals surface area (Å²) in [6.07, 6.45) is 4.05. The molecule has 108 valence electrons. The molecule has 19 heavy (non-hydrogen) atoms. The number of nitrogens with zero attached hydrogens (tertiary/aromatic N) is 2. The maximum atomic E-state index is 8.97.